The van der Waals surface area contributed by atoms with E-state index in [1.165, 1.54) is 12.7 Å². The van der Waals surface area contributed by atoms with Gasteiger partial charge in [0.2, 0.25) is 0 Å². The number of carbonyl (C=O) groups excluding carboxylic acids is 1. The van der Waals surface area contributed by atoms with E-state index in [4.69, 9.17) is 4.74 Å². The van der Waals surface area contributed by atoms with Crippen LogP contribution in [-0.4, -0.2) is 13.1 Å². The maximum Gasteiger partial charge on any atom is 0.315 e. The molecule has 0 aliphatic rings. The second kappa shape index (κ2) is 9.67. The summed E-state index contributed by atoms with van der Waals surface area (Å²) in [6, 6.07) is 28.0. The van der Waals surface area contributed by atoms with Crippen LogP contribution in [0, 0.1) is 3.57 Å². The first-order valence-corrected chi connectivity index (χ1v) is 9.93. The lowest BCUT2D eigenvalue weighted by Gasteiger charge is -2.28. The number of carbonyl (C=O) groups is 1. The van der Waals surface area contributed by atoms with Gasteiger partial charge in [-0.05, 0) is 45.3 Å². The van der Waals surface area contributed by atoms with Gasteiger partial charge in [0.05, 0.1) is 7.11 Å². The second-order valence-electron chi connectivity index (χ2n) is 6.28. The van der Waals surface area contributed by atoms with Crippen LogP contribution in [0.1, 0.15) is 28.7 Å². The van der Waals surface area contributed by atoms with E-state index in [2.05, 4.69) is 52.2 Å². The maximum atomic E-state index is 12.8. The van der Waals surface area contributed by atoms with Crippen LogP contribution in [0.4, 0.5) is 0 Å². The molecule has 1 N–H and O–H groups in total. The van der Waals surface area contributed by atoms with Gasteiger partial charge in [-0.2, -0.15) is 0 Å². The fourth-order valence-corrected chi connectivity index (χ4v) is 3.93. The summed E-state index contributed by atoms with van der Waals surface area (Å²) in [5.74, 6) is -0.678. The van der Waals surface area contributed by atoms with Gasteiger partial charge in [-0.1, -0.05) is 78.9 Å². The highest BCUT2D eigenvalue weighted by atomic mass is 127. The molecule has 0 aromatic heterocycles. The lowest BCUT2D eigenvalue weighted by atomic mass is 9.86. The van der Waals surface area contributed by atoms with E-state index in [1.54, 1.807) is 0 Å². The Morgan fingerprint density at radius 2 is 1.52 bits per heavy atom. The Morgan fingerprint density at radius 1 is 0.926 bits per heavy atom. The molecule has 2 atom stereocenters. The average Bonchev–Trinajstić information content (AvgIpc) is 2.73. The number of esters is 1. The van der Waals surface area contributed by atoms with Gasteiger partial charge < -0.3 is 10.1 Å². The molecule has 4 heteroatoms. The fourth-order valence-electron chi connectivity index (χ4n) is 3.21. The van der Waals surface area contributed by atoms with Crippen molar-refractivity contribution in [1.29, 1.82) is 0 Å². The highest BCUT2D eigenvalue weighted by Gasteiger charge is 2.33. The topological polar surface area (TPSA) is 38.3 Å². The smallest absolute Gasteiger partial charge is 0.315 e. The summed E-state index contributed by atoms with van der Waals surface area (Å²) in [6.07, 6.45) is 0. The van der Waals surface area contributed by atoms with Gasteiger partial charge >= 0.3 is 5.97 Å². The van der Waals surface area contributed by atoms with E-state index in [1.807, 2.05) is 60.7 Å². The Kier molecular flexibility index (Phi) is 7.01. The van der Waals surface area contributed by atoms with Crippen LogP contribution in [0.5, 0.6) is 0 Å². The number of hydrogen-bond donors (Lipinski definition) is 1. The van der Waals surface area contributed by atoms with Crippen LogP contribution in [0.25, 0.3) is 0 Å². The molecule has 0 amide bonds. The maximum absolute atomic E-state index is 12.8. The molecular formula is C23H22INO2. The highest BCUT2D eigenvalue weighted by molar-refractivity contribution is 14.1. The summed E-state index contributed by atoms with van der Waals surface area (Å²) in [7, 11) is 1.45. The third kappa shape index (κ3) is 4.96. The summed E-state index contributed by atoms with van der Waals surface area (Å²) in [6.45, 7) is 0.664. The number of halogens is 1. The lowest BCUT2D eigenvalue weighted by molar-refractivity contribution is -0.143. The van der Waals surface area contributed by atoms with Crippen LogP contribution in [-0.2, 0) is 16.1 Å². The van der Waals surface area contributed by atoms with E-state index in [9.17, 15) is 4.79 Å². The zero-order chi connectivity index (χ0) is 19.1. The van der Waals surface area contributed by atoms with Crippen molar-refractivity contribution < 1.29 is 9.53 Å². The number of hydrogen-bond acceptors (Lipinski definition) is 3. The first kappa shape index (κ1) is 19.6. The summed E-state index contributed by atoms with van der Waals surface area (Å²) < 4.78 is 6.24. The van der Waals surface area contributed by atoms with Crippen molar-refractivity contribution in [1.82, 2.24) is 5.32 Å². The third-order valence-corrected chi connectivity index (χ3v) is 5.54. The Balaban J connectivity index is 2.00. The van der Waals surface area contributed by atoms with Crippen molar-refractivity contribution in [3.63, 3.8) is 0 Å². The molecule has 0 saturated heterocycles. The molecular weight excluding hydrogens is 449 g/mol. The first-order chi connectivity index (χ1) is 13.2. The van der Waals surface area contributed by atoms with Crippen molar-refractivity contribution in [2.24, 2.45) is 0 Å². The molecule has 3 aromatic carbocycles. The zero-order valence-corrected chi connectivity index (χ0v) is 17.3. The van der Waals surface area contributed by atoms with Gasteiger partial charge in [-0.3, -0.25) is 4.79 Å². The number of rotatable bonds is 7. The number of benzene rings is 3. The van der Waals surface area contributed by atoms with Gasteiger partial charge in [0.15, 0.2) is 0 Å². The van der Waals surface area contributed by atoms with E-state index in [-0.39, 0.29) is 12.0 Å². The summed E-state index contributed by atoms with van der Waals surface area (Å²) >= 11 is 2.28. The molecule has 0 radical (unpaired) electrons. The quantitative estimate of drug-likeness (QED) is 0.386. The van der Waals surface area contributed by atoms with Gasteiger partial charge in [0, 0.05) is 16.2 Å². The Morgan fingerprint density at radius 3 is 2.15 bits per heavy atom. The Labute approximate surface area is 173 Å². The molecule has 0 aliphatic heterocycles. The van der Waals surface area contributed by atoms with Crippen LogP contribution in [0.15, 0.2) is 84.9 Å². The van der Waals surface area contributed by atoms with Gasteiger partial charge in [-0.15, -0.1) is 0 Å². The molecule has 138 valence electrons. The number of methoxy groups -OCH3 is 1. The lowest BCUT2D eigenvalue weighted by Crippen LogP contribution is -2.32. The van der Waals surface area contributed by atoms with Crippen molar-refractivity contribution in [2.45, 2.75) is 18.5 Å². The van der Waals surface area contributed by atoms with Crippen molar-refractivity contribution >= 4 is 28.6 Å². The van der Waals surface area contributed by atoms with Crippen molar-refractivity contribution in [3.8, 4) is 0 Å². The number of ether oxygens (including phenoxy) is 1. The van der Waals surface area contributed by atoms with Crippen molar-refractivity contribution in [3.05, 3.63) is 105 Å². The molecule has 0 heterocycles. The molecule has 3 rings (SSSR count). The standard InChI is InChI=1S/C23H22INO2/c1-27-23(26)21(19-14-8-9-15-20(19)24)22(18-12-6-3-7-13-18)25-16-17-10-4-2-5-11-17/h2-15,21-22,25H,16H2,1H3/t21-,22+/m0/s1. The molecule has 0 spiro atoms. The molecule has 3 aromatic rings. The minimum absolute atomic E-state index is 0.199. The SMILES string of the molecule is COC(=O)[C@@H](c1ccccc1I)[C@H](NCc1ccccc1)c1ccccc1. The van der Waals surface area contributed by atoms with E-state index < -0.39 is 5.92 Å². The largest absolute Gasteiger partial charge is 0.468 e. The van der Waals surface area contributed by atoms with E-state index in [0.717, 1.165) is 14.7 Å². The second-order valence-corrected chi connectivity index (χ2v) is 7.44. The summed E-state index contributed by atoms with van der Waals surface area (Å²) in [5, 5.41) is 3.59. The molecule has 0 bridgehead atoms. The first-order valence-electron chi connectivity index (χ1n) is 8.85. The normalized spacial score (nSPS) is 13.0. The van der Waals surface area contributed by atoms with Crippen LogP contribution in [0.2, 0.25) is 0 Å². The fraction of sp³-hybridized carbons (Fsp3) is 0.174. The average molecular weight is 471 g/mol. The minimum atomic E-state index is -0.436. The van der Waals surface area contributed by atoms with E-state index in [0.29, 0.717) is 6.54 Å². The van der Waals surface area contributed by atoms with Gasteiger partial charge in [0.25, 0.3) is 0 Å². The van der Waals surface area contributed by atoms with Gasteiger partial charge in [0.1, 0.15) is 5.92 Å². The Bertz CT molecular complexity index is 868. The van der Waals surface area contributed by atoms with E-state index >= 15 is 0 Å². The number of nitrogens with one attached hydrogen (secondary N) is 1. The summed E-state index contributed by atoms with van der Waals surface area (Å²) in [5.41, 5.74) is 3.20. The molecule has 0 fully saturated rings. The molecule has 0 unspecified atom stereocenters. The monoisotopic (exact) mass is 471 g/mol. The molecule has 0 saturated carbocycles. The van der Waals surface area contributed by atoms with Crippen LogP contribution >= 0.6 is 22.6 Å². The molecule has 0 aliphatic carbocycles. The highest BCUT2D eigenvalue weighted by Crippen LogP contribution is 2.35. The minimum Gasteiger partial charge on any atom is -0.468 e. The predicted octanol–water partition coefficient (Wildman–Crippen LogP) is 5.08. The zero-order valence-electron chi connectivity index (χ0n) is 15.1. The molecule has 27 heavy (non-hydrogen) atoms. The van der Waals surface area contributed by atoms with Crippen LogP contribution in [0.3, 0.4) is 0 Å². The Hall–Kier alpha value is -2.18. The third-order valence-electron chi connectivity index (χ3n) is 4.56. The summed E-state index contributed by atoms with van der Waals surface area (Å²) in [4.78, 5) is 12.8. The van der Waals surface area contributed by atoms with Crippen molar-refractivity contribution in [2.75, 3.05) is 7.11 Å². The van der Waals surface area contributed by atoms with Crippen LogP contribution < -0.4 is 5.32 Å². The predicted molar refractivity (Wildman–Crippen MR) is 116 cm³/mol. The molecule has 3 nitrogen and oxygen atoms in total. The van der Waals surface area contributed by atoms with Gasteiger partial charge in [-0.25, -0.2) is 0 Å².